The maximum absolute atomic E-state index is 13.3. The molecule has 2 heterocycles. The molecule has 7 nitrogen and oxygen atoms in total. The van der Waals surface area contributed by atoms with Gasteiger partial charge in [-0.25, -0.2) is 0 Å². The molecule has 3 amide bonds. The Morgan fingerprint density at radius 3 is 2.38 bits per heavy atom. The third-order valence-corrected chi connectivity index (χ3v) is 6.56. The number of likely N-dealkylation sites (tertiary alicyclic amines) is 1. The Hall–Kier alpha value is -2.51. The standard InChI is InChI=1S/C25H33N3O4/c1-17(2)14-22(28-24(30)20-8-3-4-9-21(20)25(28)31)23(29)26-19-7-5-6-18(15-19)16-27-10-12-32-13-11-27/h3-7,15,17,20-22H,8-14,16H2,1-2H3,(H,26,29). The number of imide groups is 1. The first-order valence-electron chi connectivity index (χ1n) is 11.7. The van der Waals surface area contributed by atoms with Crippen molar-refractivity contribution in [3.05, 3.63) is 42.0 Å². The van der Waals surface area contributed by atoms with Gasteiger partial charge in [0.05, 0.1) is 25.0 Å². The highest BCUT2D eigenvalue weighted by Gasteiger charge is 2.51. The van der Waals surface area contributed by atoms with Crippen molar-refractivity contribution in [2.45, 2.75) is 45.7 Å². The van der Waals surface area contributed by atoms with Crippen molar-refractivity contribution < 1.29 is 19.1 Å². The lowest BCUT2D eigenvalue weighted by molar-refractivity contribution is -0.147. The van der Waals surface area contributed by atoms with Crippen molar-refractivity contribution in [1.82, 2.24) is 9.80 Å². The Bertz CT molecular complexity index is 865. The quantitative estimate of drug-likeness (QED) is 0.522. The van der Waals surface area contributed by atoms with Crippen molar-refractivity contribution in [2.75, 3.05) is 31.6 Å². The van der Waals surface area contributed by atoms with Gasteiger partial charge < -0.3 is 10.1 Å². The molecule has 4 rings (SSSR count). The number of benzene rings is 1. The second-order valence-corrected chi connectivity index (χ2v) is 9.43. The summed E-state index contributed by atoms with van der Waals surface area (Å²) < 4.78 is 5.41. The minimum absolute atomic E-state index is 0.166. The molecule has 3 aliphatic rings. The van der Waals surface area contributed by atoms with E-state index in [4.69, 9.17) is 4.74 Å². The summed E-state index contributed by atoms with van der Waals surface area (Å²) in [5.74, 6) is -1.19. The number of morpholine rings is 1. The molecule has 3 atom stereocenters. The van der Waals surface area contributed by atoms with Crippen LogP contribution < -0.4 is 5.32 Å². The number of carbonyl (C=O) groups is 3. The SMILES string of the molecule is CC(C)CC(C(=O)Nc1cccc(CN2CCOCC2)c1)N1C(=O)C2CC=CCC2C1=O. The van der Waals surface area contributed by atoms with E-state index in [9.17, 15) is 14.4 Å². The molecule has 172 valence electrons. The molecule has 2 saturated heterocycles. The van der Waals surface area contributed by atoms with Crippen molar-refractivity contribution in [1.29, 1.82) is 0 Å². The molecule has 32 heavy (non-hydrogen) atoms. The lowest BCUT2D eigenvalue weighted by Gasteiger charge is -2.28. The fourth-order valence-electron chi connectivity index (χ4n) is 4.90. The molecule has 7 heteroatoms. The van der Waals surface area contributed by atoms with Gasteiger partial charge in [-0.3, -0.25) is 24.2 Å². The number of hydrogen-bond acceptors (Lipinski definition) is 5. The Balaban J connectivity index is 1.48. The first-order chi connectivity index (χ1) is 15.4. The van der Waals surface area contributed by atoms with Crippen molar-refractivity contribution >= 4 is 23.4 Å². The zero-order valence-electron chi connectivity index (χ0n) is 19.0. The highest BCUT2D eigenvalue weighted by molar-refractivity contribution is 6.10. The molecule has 2 fully saturated rings. The van der Waals surface area contributed by atoms with Crippen LogP contribution in [0.15, 0.2) is 36.4 Å². The Morgan fingerprint density at radius 2 is 1.75 bits per heavy atom. The second-order valence-electron chi connectivity index (χ2n) is 9.43. The first-order valence-corrected chi connectivity index (χ1v) is 11.7. The Labute approximate surface area is 189 Å². The van der Waals surface area contributed by atoms with E-state index in [1.807, 2.05) is 50.3 Å². The third kappa shape index (κ3) is 4.94. The summed E-state index contributed by atoms with van der Waals surface area (Å²) in [5.41, 5.74) is 1.79. The van der Waals surface area contributed by atoms with Crippen molar-refractivity contribution in [2.24, 2.45) is 17.8 Å². The average Bonchev–Trinajstić information content (AvgIpc) is 3.03. The van der Waals surface area contributed by atoms with Crippen LogP contribution in [0.2, 0.25) is 0 Å². The Kier molecular flexibility index (Phi) is 7.06. The molecular weight excluding hydrogens is 406 g/mol. The van der Waals surface area contributed by atoms with E-state index in [0.717, 1.165) is 38.4 Å². The van der Waals surface area contributed by atoms with Crippen molar-refractivity contribution in [3.63, 3.8) is 0 Å². The number of allylic oxidation sites excluding steroid dienone is 2. The van der Waals surface area contributed by atoms with Crippen LogP contribution >= 0.6 is 0 Å². The summed E-state index contributed by atoms with van der Waals surface area (Å²) in [7, 11) is 0. The van der Waals surface area contributed by atoms with Gasteiger partial charge >= 0.3 is 0 Å². The van der Waals surface area contributed by atoms with Crippen LogP contribution in [0, 0.1) is 17.8 Å². The normalized spacial score (nSPS) is 24.7. The summed E-state index contributed by atoms with van der Waals surface area (Å²) in [6, 6.07) is 7.00. The van der Waals surface area contributed by atoms with Gasteiger partial charge in [0.2, 0.25) is 17.7 Å². The predicted octanol–water partition coefficient (Wildman–Crippen LogP) is 2.82. The van der Waals surface area contributed by atoms with Gasteiger partial charge in [0, 0.05) is 25.3 Å². The molecule has 1 aromatic rings. The van der Waals surface area contributed by atoms with Crippen LogP contribution in [-0.2, 0) is 25.7 Å². The van der Waals surface area contributed by atoms with E-state index in [-0.39, 0.29) is 35.5 Å². The summed E-state index contributed by atoms with van der Waals surface area (Å²) >= 11 is 0. The van der Waals surface area contributed by atoms with Crippen LogP contribution in [0.4, 0.5) is 5.69 Å². The minimum atomic E-state index is -0.788. The Morgan fingerprint density at radius 1 is 1.09 bits per heavy atom. The van der Waals surface area contributed by atoms with Gasteiger partial charge in [-0.2, -0.15) is 0 Å². The van der Waals surface area contributed by atoms with Crippen LogP contribution in [0.3, 0.4) is 0 Å². The number of fused-ring (bicyclic) bond motifs is 1. The van der Waals surface area contributed by atoms with E-state index in [2.05, 4.69) is 10.2 Å². The number of nitrogens with zero attached hydrogens (tertiary/aromatic N) is 2. The molecule has 3 unspecified atom stereocenters. The van der Waals surface area contributed by atoms with Crippen LogP contribution in [0.25, 0.3) is 0 Å². The number of anilines is 1. The van der Waals surface area contributed by atoms with Gasteiger partial charge in [0.25, 0.3) is 0 Å². The second kappa shape index (κ2) is 9.96. The maximum Gasteiger partial charge on any atom is 0.247 e. The van der Waals surface area contributed by atoms with E-state index < -0.39 is 6.04 Å². The fourth-order valence-corrected chi connectivity index (χ4v) is 4.90. The number of carbonyl (C=O) groups excluding carboxylic acids is 3. The molecule has 0 radical (unpaired) electrons. The van der Waals surface area contributed by atoms with E-state index >= 15 is 0 Å². The average molecular weight is 440 g/mol. The number of nitrogens with one attached hydrogen (secondary N) is 1. The summed E-state index contributed by atoms with van der Waals surface area (Å²) in [6.07, 6.45) is 5.53. The lowest BCUT2D eigenvalue weighted by atomic mass is 9.85. The fraction of sp³-hybridized carbons (Fsp3) is 0.560. The first kappa shape index (κ1) is 22.7. The highest BCUT2D eigenvalue weighted by atomic mass is 16.5. The smallest absolute Gasteiger partial charge is 0.247 e. The molecule has 0 aromatic heterocycles. The predicted molar refractivity (Wildman–Crippen MR) is 122 cm³/mol. The van der Waals surface area contributed by atoms with E-state index in [0.29, 0.717) is 24.9 Å². The monoisotopic (exact) mass is 439 g/mol. The van der Waals surface area contributed by atoms with Gasteiger partial charge in [0.1, 0.15) is 6.04 Å². The number of amides is 3. The van der Waals surface area contributed by atoms with Gasteiger partial charge in [-0.1, -0.05) is 38.1 Å². The minimum Gasteiger partial charge on any atom is -0.379 e. The van der Waals surface area contributed by atoms with Crippen LogP contribution in [0.1, 0.15) is 38.7 Å². The highest BCUT2D eigenvalue weighted by Crippen LogP contribution is 2.37. The largest absolute Gasteiger partial charge is 0.379 e. The third-order valence-electron chi connectivity index (χ3n) is 6.56. The molecule has 0 saturated carbocycles. The summed E-state index contributed by atoms with van der Waals surface area (Å²) in [6.45, 7) is 8.06. The molecule has 1 aromatic carbocycles. The van der Waals surface area contributed by atoms with Gasteiger partial charge in [-0.15, -0.1) is 0 Å². The molecule has 1 aliphatic carbocycles. The van der Waals surface area contributed by atoms with Crippen LogP contribution in [0.5, 0.6) is 0 Å². The van der Waals surface area contributed by atoms with Gasteiger partial charge in [-0.05, 0) is 42.9 Å². The molecule has 1 N–H and O–H groups in total. The van der Waals surface area contributed by atoms with E-state index in [1.54, 1.807) is 0 Å². The zero-order valence-corrected chi connectivity index (χ0v) is 19.0. The molecule has 0 bridgehead atoms. The summed E-state index contributed by atoms with van der Waals surface area (Å²) in [4.78, 5) is 43.1. The number of rotatable bonds is 7. The molecular formula is C25H33N3O4. The lowest BCUT2D eigenvalue weighted by Crippen LogP contribution is -2.48. The number of ether oxygens (including phenoxy) is 1. The zero-order chi connectivity index (χ0) is 22.7. The van der Waals surface area contributed by atoms with E-state index in [1.165, 1.54) is 4.90 Å². The summed E-state index contributed by atoms with van der Waals surface area (Å²) in [5, 5.41) is 2.98. The topological polar surface area (TPSA) is 79.0 Å². The molecule has 0 spiro atoms. The molecule has 2 aliphatic heterocycles. The maximum atomic E-state index is 13.3. The van der Waals surface area contributed by atoms with Crippen LogP contribution in [-0.4, -0.2) is 59.9 Å². The number of hydrogen-bond donors (Lipinski definition) is 1. The van der Waals surface area contributed by atoms with Crippen molar-refractivity contribution in [3.8, 4) is 0 Å². The van der Waals surface area contributed by atoms with Gasteiger partial charge in [0.15, 0.2) is 0 Å².